The lowest BCUT2D eigenvalue weighted by atomic mass is 9.91. The molecule has 3 nitrogen and oxygen atoms in total. The highest BCUT2D eigenvalue weighted by Gasteiger charge is 2.29. The van der Waals surface area contributed by atoms with Gasteiger partial charge in [0, 0.05) is 0 Å². The fraction of sp³-hybridized carbons (Fsp3) is 0.389. The highest BCUT2D eigenvalue weighted by molar-refractivity contribution is 5.83. The number of carbonyl (C=O) groups is 1. The van der Waals surface area contributed by atoms with E-state index in [-0.39, 0.29) is 6.42 Å². The van der Waals surface area contributed by atoms with Gasteiger partial charge in [-0.2, -0.15) is 0 Å². The van der Waals surface area contributed by atoms with Crippen LogP contribution in [0, 0.1) is 0 Å². The molecule has 0 aliphatic carbocycles. The lowest BCUT2D eigenvalue weighted by molar-refractivity contribution is -0.160. The lowest BCUT2D eigenvalue weighted by Gasteiger charge is -2.26. The molecule has 0 aromatic heterocycles. The van der Waals surface area contributed by atoms with Gasteiger partial charge in [-0.3, -0.25) is 4.79 Å². The quantitative estimate of drug-likeness (QED) is 0.873. The number of fused-ring (bicyclic) bond motifs is 1. The van der Waals surface area contributed by atoms with E-state index in [2.05, 4.69) is 0 Å². The predicted molar refractivity (Wildman–Crippen MR) is 84.0 cm³/mol. The maximum atomic E-state index is 11.9. The van der Waals surface area contributed by atoms with E-state index in [1.165, 1.54) is 0 Å². The number of aliphatic hydroxyl groups is 1. The fourth-order valence-corrected chi connectivity index (χ4v) is 2.29. The van der Waals surface area contributed by atoms with Gasteiger partial charge in [-0.15, -0.1) is 0 Å². The van der Waals surface area contributed by atoms with Crippen molar-refractivity contribution < 1.29 is 14.6 Å². The average Bonchev–Trinajstić information content (AvgIpc) is 2.35. The van der Waals surface area contributed by atoms with Crippen molar-refractivity contribution in [2.45, 2.75) is 45.3 Å². The summed E-state index contributed by atoms with van der Waals surface area (Å²) in [6.07, 6.45) is -0.0669. The Morgan fingerprint density at radius 3 is 2.29 bits per heavy atom. The van der Waals surface area contributed by atoms with Crippen LogP contribution in [0.3, 0.4) is 0 Å². The zero-order valence-electron chi connectivity index (χ0n) is 13.0. The van der Waals surface area contributed by atoms with Gasteiger partial charge in [-0.25, -0.2) is 0 Å². The molecule has 2 rings (SSSR count). The molecule has 2 aromatic carbocycles. The molecule has 0 fully saturated rings. The number of hydrogen-bond acceptors (Lipinski definition) is 3. The second-order valence-corrected chi connectivity index (χ2v) is 6.60. The van der Waals surface area contributed by atoms with Crippen molar-refractivity contribution in [1.82, 2.24) is 0 Å². The van der Waals surface area contributed by atoms with E-state index in [0.717, 1.165) is 10.8 Å². The monoisotopic (exact) mass is 286 g/mol. The average molecular weight is 286 g/mol. The van der Waals surface area contributed by atoms with E-state index in [9.17, 15) is 9.90 Å². The minimum atomic E-state index is -1.24. The topological polar surface area (TPSA) is 46.5 Å². The summed E-state index contributed by atoms with van der Waals surface area (Å²) in [5.41, 5.74) is -1.07. The highest BCUT2D eigenvalue weighted by atomic mass is 16.6. The van der Waals surface area contributed by atoms with Gasteiger partial charge in [-0.05, 0) is 50.1 Å². The first-order chi connectivity index (χ1) is 9.67. The standard InChI is InChI=1S/C18H22O3/c1-17(2,3)21-16(19)12-18(4,20)15-10-9-13-7-5-6-8-14(13)11-15/h5-11,20H,12H2,1-4H3. The molecule has 3 heteroatoms. The molecular weight excluding hydrogens is 264 g/mol. The Hall–Kier alpha value is -1.87. The third kappa shape index (κ3) is 4.05. The first kappa shape index (κ1) is 15.5. The Balaban J connectivity index is 2.22. The molecule has 112 valence electrons. The molecular formula is C18H22O3. The summed E-state index contributed by atoms with van der Waals surface area (Å²) in [4.78, 5) is 11.9. The minimum absolute atomic E-state index is 0.0669. The third-order valence-corrected chi connectivity index (χ3v) is 3.28. The Bertz CT molecular complexity index is 651. The molecule has 0 spiro atoms. The Morgan fingerprint density at radius 2 is 1.67 bits per heavy atom. The summed E-state index contributed by atoms with van der Waals surface area (Å²) >= 11 is 0. The summed E-state index contributed by atoms with van der Waals surface area (Å²) in [6, 6.07) is 13.7. The van der Waals surface area contributed by atoms with Crippen LogP contribution in [0.1, 0.15) is 39.7 Å². The van der Waals surface area contributed by atoms with Crippen LogP contribution in [0.2, 0.25) is 0 Å². The lowest BCUT2D eigenvalue weighted by Crippen LogP contribution is -2.31. The van der Waals surface area contributed by atoms with Gasteiger partial charge < -0.3 is 9.84 Å². The van der Waals surface area contributed by atoms with Crippen LogP contribution in [0.15, 0.2) is 42.5 Å². The molecule has 0 bridgehead atoms. The van der Waals surface area contributed by atoms with E-state index in [1.807, 2.05) is 63.2 Å². The Labute approximate surface area is 125 Å². The largest absolute Gasteiger partial charge is 0.460 e. The zero-order valence-corrected chi connectivity index (χ0v) is 13.0. The molecule has 0 aliphatic heterocycles. The summed E-state index contributed by atoms with van der Waals surface area (Å²) in [7, 11) is 0. The van der Waals surface area contributed by atoms with Crippen molar-refractivity contribution in [3.63, 3.8) is 0 Å². The summed E-state index contributed by atoms with van der Waals surface area (Å²) in [6.45, 7) is 7.09. The maximum absolute atomic E-state index is 11.9. The molecule has 0 radical (unpaired) electrons. The SMILES string of the molecule is CC(C)(C)OC(=O)CC(C)(O)c1ccc2ccccc2c1. The van der Waals surface area contributed by atoms with Crippen molar-refractivity contribution in [2.75, 3.05) is 0 Å². The van der Waals surface area contributed by atoms with Crippen molar-refractivity contribution in [3.8, 4) is 0 Å². The van der Waals surface area contributed by atoms with Crippen LogP contribution in [0.25, 0.3) is 10.8 Å². The van der Waals surface area contributed by atoms with Gasteiger partial charge >= 0.3 is 5.97 Å². The number of rotatable bonds is 3. The molecule has 1 atom stereocenters. The summed E-state index contributed by atoms with van der Waals surface area (Å²) < 4.78 is 5.28. The van der Waals surface area contributed by atoms with Crippen LogP contribution in [-0.4, -0.2) is 16.7 Å². The second-order valence-electron chi connectivity index (χ2n) is 6.60. The molecule has 2 aromatic rings. The van der Waals surface area contributed by atoms with Crippen LogP contribution in [-0.2, 0) is 15.1 Å². The number of esters is 1. The van der Waals surface area contributed by atoms with E-state index in [4.69, 9.17) is 4.74 Å². The van der Waals surface area contributed by atoms with Crippen LogP contribution < -0.4 is 0 Å². The van der Waals surface area contributed by atoms with Crippen LogP contribution >= 0.6 is 0 Å². The summed E-state index contributed by atoms with van der Waals surface area (Å²) in [5.74, 6) is -0.402. The molecule has 0 amide bonds. The van der Waals surface area contributed by atoms with Crippen LogP contribution in [0.4, 0.5) is 0 Å². The molecule has 1 N–H and O–H groups in total. The van der Waals surface area contributed by atoms with E-state index < -0.39 is 17.2 Å². The van der Waals surface area contributed by atoms with Crippen molar-refractivity contribution in [2.24, 2.45) is 0 Å². The van der Waals surface area contributed by atoms with E-state index in [1.54, 1.807) is 6.92 Å². The van der Waals surface area contributed by atoms with Crippen LogP contribution in [0.5, 0.6) is 0 Å². The number of carbonyl (C=O) groups excluding carboxylic acids is 1. The third-order valence-electron chi connectivity index (χ3n) is 3.28. The fourth-order valence-electron chi connectivity index (χ4n) is 2.29. The van der Waals surface area contributed by atoms with Gasteiger partial charge in [-0.1, -0.05) is 36.4 Å². The Kier molecular flexibility index (Phi) is 4.06. The first-order valence-corrected chi connectivity index (χ1v) is 7.11. The summed E-state index contributed by atoms with van der Waals surface area (Å²) in [5, 5.41) is 12.8. The molecule has 0 heterocycles. The second kappa shape index (κ2) is 5.49. The van der Waals surface area contributed by atoms with Gasteiger partial charge in [0.1, 0.15) is 5.60 Å². The first-order valence-electron chi connectivity index (χ1n) is 7.11. The van der Waals surface area contributed by atoms with Gasteiger partial charge in [0.2, 0.25) is 0 Å². The minimum Gasteiger partial charge on any atom is -0.460 e. The van der Waals surface area contributed by atoms with Gasteiger partial charge in [0.15, 0.2) is 0 Å². The Morgan fingerprint density at radius 1 is 1.05 bits per heavy atom. The van der Waals surface area contributed by atoms with E-state index in [0.29, 0.717) is 5.56 Å². The maximum Gasteiger partial charge on any atom is 0.309 e. The van der Waals surface area contributed by atoms with Crippen molar-refractivity contribution >= 4 is 16.7 Å². The number of ether oxygens (including phenoxy) is 1. The molecule has 0 saturated carbocycles. The molecule has 0 saturated heterocycles. The molecule has 1 unspecified atom stereocenters. The van der Waals surface area contributed by atoms with Crippen molar-refractivity contribution in [3.05, 3.63) is 48.0 Å². The number of benzene rings is 2. The normalized spacial score (nSPS) is 14.7. The smallest absolute Gasteiger partial charge is 0.309 e. The zero-order chi connectivity index (χ0) is 15.7. The van der Waals surface area contributed by atoms with Gasteiger partial charge in [0.05, 0.1) is 12.0 Å². The van der Waals surface area contributed by atoms with Gasteiger partial charge in [0.25, 0.3) is 0 Å². The predicted octanol–water partition coefficient (Wildman–Crippen LogP) is 3.78. The molecule has 0 aliphatic rings. The van der Waals surface area contributed by atoms with E-state index >= 15 is 0 Å². The van der Waals surface area contributed by atoms with Crippen molar-refractivity contribution in [1.29, 1.82) is 0 Å². The molecule has 21 heavy (non-hydrogen) atoms. The highest BCUT2D eigenvalue weighted by Crippen LogP contribution is 2.28. The number of hydrogen-bond donors (Lipinski definition) is 1.